The number of hydrogen-bond acceptors (Lipinski definition) is 2. The van der Waals surface area contributed by atoms with Crippen LogP contribution in [0, 0.1) is 0 Å². The Morgan fingerprint density at radius 2 is 2.11 bits per heavy atom. The maximum Gasteiger partial charge on any atom is 0.185 e. The second kappa shape index (κ2) is 8.37. The number of aliphatic imine (C=N–C) groups is 1. The number of hydrogen-bond donors (Lipinski definition) is 2. The molecule has 1 aromatic carbocycles. The molecule has 0 aliphatic heterocycles. The summed E-state index contributed by atoms with van der Waals surface area (Å²) in [7, 11) is 0. The molecule has 0 radical (unpaired) electrons. The molecule has 0 saturated carbocycles. The Morgan fingerprint density at radius 1 is 1.32 bits per heavy atom. The maximum atomic E-state index is 5.94. The van der Waals surface area contributed by atoms with E-state index >= 15 is 0 Å². The van der Waals surface area contributed by atoms with Gasteiger partial charge in [0.2, 0.25) is 0 Å². The molecule has 0 heterocycles. The lowest BCUT2D eigenvalue weighted by Crippen LogP contribution is -2.23. The van der Waals surface area contributed by atoms with Crippen molar-refractivity contribution in [3.05, 3.63) is 35.4 Å². The third-order valence-electron chi connectivity index (χ3n) is 3.23. The van der Waals surface area contributed by atoms with Gasteiger partial charge in [0.25, 0.3) is 0 Å². The zero-order chi connectivity index (χ0) is 12.8. The van der Waals surface area contributed by atoms with Gasteiger partial charge < -0.3 is 16.2 Å². The van der Waals surface area contributed by atoms with Crippen molar-refractivity contribution in [2.24, 2.45) is 16.5 Å². The van der Waals surface area contributed by atoms with E-state index in [9.17, 15) is 0 Å². The van der Waals surface area contributed by atoms with E-state index in [1.165, 1.54) is 24.0 Å². The Morgan fingerprint density at radius 3 is 2.89 bits per heavy atom. The predicted molar refractivity (Wildman–Crippen MR) is 88.8 cm³/mol. The summed E-state index contributed by atoms with van der Waals surface area (Å²) in [6.07, 6.45) is 4.59. The van der Waals surface area contributed by atoms with E-state index in [-0.39, 0.29) is 36.0 Å². The molecule has 1 aliphatic carbocycles. The van der Waals surface area contributed by atoms with Crippen LogP contribution < -0.4 is 11.5 Å². The molecule has 5 heteroatoms. The van der Waals surface area contributed by atoms with Crippen LogP contribution in [-0.2, 0) is 11.2 Å². The standard InChI is InChI=1S/C14H21N3O.HI/c15-14(16)17-9-4-10-18-13-8-3-6-11-5-1-2-7-12(11)13;/h1-2,5,7,13H,3-4,6,8-10H2,(H4,15,16,17);1H. The quantitative estimate of drug-likeness (QED) is 0.359. The van der Waals surface area contributed by atoms with E-state index in [0.29, 0.717) is 13.2 Å². The third kappa shape index (κ3) is 4.99. The predicted octanol–water partition coefficient (Wildman–Crippen LogP) is 2.36. The number of nitrogens with zero attached hydrogens (tertiary/aromatic N) is 1. The van der Waals surface area contributed by atoms with Crippen molar-refractivity contribution in [2.75, 3.05) is 13.2 Å². The van der Waals surface area contributed by atoms with Crippen LogP contribution in [0.3, 0.4) is 0 Å². The van der Waals surface area contributed by atoms with Crippen LogP contribution in [0.1, 0.15) is 36.5 Å². The van der Waals surface area contributed by atoms with Crippen LogP contribution in [0.2, 0.25) is 0 Å². The van der Waals surface area contributed by atoms with Crippen LogP contribution in [0.4, 0.5) is 0 Å². The molecule has 0 bridgehead atoms. The number of ether oxygens (including phenoxy) is 1. The van der Waals surface area contributed by atoms with Gasteiger partial charge in [-0.25, -0.2) is 0 Å². The topological polar surface area (TPSA) is 73.6 Å². The molecule has 1 aromatic rings. The summed E-state index contributed by atoms with van der Waals surface area (Å²) >= 11 is 0. The monoisotopic (exact) mass is 375 g/mol. The third-order valence-corrected chi connectivity index (χ3v) is 3.23. The van der Waals surface area contributed by atoms with E-state index < -0.39 is 0 Å². The molecule has 1 unspecified atom stereocenters. The van der Waals surface area contributed by atoms with Gasteiger partial charge in [0, 0.05) is 13.2 Å². The zero-order valence-corrected chi connectivity index (χ0v) is 13.4. The fourth-order valence-corrected chi connectivity index (χ4v) is 2.38. The molecule has 0 aromatic heterocycles. The van der Waals surface area contributed by atoms with Crippen molar-refractivity contribution in [3.8, 4) is 0 Å². The SMILES string of the molecule is I.NC(N)=NCCCOC1CCCc2ccccc21. The van der Waals surface area contributed by atoms with E-state index in [1.807, 2.05) is 0 Å². The highest BCUT2D eigenvalue weighted by molar-refractivity contribution is 14.0. The van der Waals surface area contributed by atoms with Gasteiger partial charge in [0.15, 0.2) is 5.96 Å². The molecule has 106 valence electrons. The Kier molecular flexibility index (Phi) is 7.15. The number of fused-ring (bicyclic) bond motifs is 1. The Labute approximate surface area is 131 Å². The summed E-state index contributed by atoms with van der Waals surface area (Å²) in [4.78, 5) is 3.94. The molecule has 0 fully saturated rings. The lowest BCUT2D eigenvalue weighted by Gasteiger charge is -2.25. The first-order valence-corrected chi connectivity index (χ1v) is 6.52. The first-order chi connectivity index (χ1) is 8.77. The largest absolute Gasteiger partial charge is 0.373 e. The molecule has 4 N–H and O–H groups in total. The minimum absolute atomic E-state index is 0. The minimum atomic E-state index is 0. The van der Waals surface area contributed by atoms with Gasteiger partial charge in [0.1, 0.15) is 0 Å². The summed E-state index contributed by atoms with van der Waals surface area (Å²) in [6.45, 7) is 1.34. The number of halogens is 1. The fraction of sp³-hybridized carbons (Fsp3) is 0.500. The lowest BCUT2D eigenvalue weighted by atomic mass is 9.89. The van der Waals surface area contributed by atoms with E-state index in [0.717, 1.165) is 12.8 Å². The summed E-state index contributed by atoms with van der Waals surface area (Å²) in [6, 6.07) is 8.55. The zero-order valence-electron chi connectivity index (χ0n) is 11.0. The van der Waals surface area contributed by atoms with Gasteiger partial charge in [-0.2, -0.15) is 0 Å². The molecule has 0 spiro atoms. The van der Waals surface area contributed by atoms with Crippen molar-refractivity contribution in [1.29, 1.82) is 0 Å². The second-order valence-corrected chi connectivity index (χ2v) is 4.61. The van der Waals surface area contributed by atoms with Crippen molar-refractivity contribution in [3.63, 3.8) is 0 Å². The van der Waals surface area contributed by atoms with Crippen LogP contribution in [0.25, 0.3) is 0 Å². The molecular weight excluding hydrogens is 353 g/mol. The van der Waals surface area contributed by atoms with Crippen molar-refractivity contribution in [1.82, 2.24) is 0 Å². The summed E-state index contributed by atoms with van der Waals surface area (Å²) in [5.41, 5.74) is 13.3. The average molecular weight is 375 g/mol. The van der Waals surface area contributed by atoms with Gasteiger partial charge in [-0.05, 0) is 36.8 Å². The van der Waals surface area contributed by atoms with Crippen LogP contribution >= 0.6 is 24.0 Å². The number of benzene rings is 1. The number of nitrogens with two attached hydrogens (primary N) is 2. The average Bonchev–Trinajstić information content (AvgIpc) is 2.38. The van der Waals surface area contributed by atoms with E-state index in [2.05, 4.69) is 29.3 Å². The number of aryl methyl sites for hydroxylation is 1. The Balaban J connectivity index is 0.00000180. The molecule has 2 rings (SSSR count). The highest BCUT2D eigenvalue weighted by Gasteiger charge is 2.19. The van der Waals surface area contributed by atoms with Crippen molar-refractivity contribution >= 4 is 29.9 Å². The Bertz CT molecular complexity index is 419. The van der Waals surface area contributed by atoms with Gasteiger partial charge in [0.05, 0.1) is 6.10 Å². The van der Waals surface area contributed by atoms with Crippen molar-refractivity contribution in [2.45, 2.75) is 31.8 Å². The molecule has 0 amide bonds. The smallest absolute Gasteiger partial charge is 0.185 e. The highest BCUT2D eigenvalue weighted by Crippen LogP contribution is 2.32. The number of rotatable bonds is 5. The summed E-state index contributed by atoms with van der Waals surface area (Å²) < 4.78 is 5.94. The van der Waals surface area contributed by atoms with Crippen LogP contribution in [0.5, 0.6) is 0 Å². The molecule has 0 saturated heterocycles. The molecule has 1 aliphatic rings. The minimum Gasteiger partial charge on any atom is -0.373 e. The molecule has 19 heavy (non-hydrogen) atoms. The van der Waals surface area contributed by atoms with E-state index in [4.69, 9.17) is 16.2 Å². The van der Waals surface area contributed by atoms with Crippen LogP contribution in [0.15, 0.2) is 29.3 Å². The van der Waals surface area contributed by atoms with Gasteiger partial charge in [-0.3, -0.25) is 4.99 Å². The molecule has 4 nitrogen and oxygen atoms in total. The number of guanidine groups is 1. The van der Waals surface area contributed by atoms with Gasteiger partial charge in [-0.15, -0.1) is 24.0 Å². The second-order valence-electron chi connectivity index (χ2n) is 4.61. The lowest BCUT2D eigenvalue weighted by molar-refractivity contribution is 0.0403. The summed E-state index contributed by atoms with van der Waals surface area (Å²) in [5.74, 6) is 0.151. The first-order valence-electron chi connectivity index (χ1n) is 6.52. The highest BCUT2D eigenvalue weighted by atomic mass is 127. The van der Waals surface area contributed by atoms with Crippen LogP contribution in [-0.4, -0.2) is 19.1 Å². The maximum absolute atomic E-state index is 5.94. The fourth-order valence-electron chi connectivity index (χ4n) is 2.38. The normalized spacial score (nSPS) is 17.2. The van der Waals surface area contributed by atoms with E-state index in [1.54, 1.807) is 0 Å². The Hall–Kier alpha value is -0.820. The molecular formula is C14H22IN3O. The summed E-state index contributed by atoms with van der Waals surface area (Å²) in [5, 5.41) is 0. The van der Waals surface area contributed by atoms with Gasteiger partial charge >= 0.3 is 0 Å². The van der Waals surface area contributed by atoms with Crippen molar-refractivity contribution < 1.29 is 4.74 Å². The van der Waals surface area contributed by atoms with Gasteiger partial charge in [-0.1, -0.05) is 24.3 Å². The molecule has 1 atom stereocenters. The first kappa shape index (κ1) is 16.2.